The fraction of sp³-hybridized carbons (Fsp3) is 0.125. The quantitative estimate of drug-likeness (QED) is 0.855. The van der Waals surface area contributed by atoms with E-state index < -0.39 is 11.8 Å². The first-order valence-electron chi connectivity index (χ1n) is 7.39. The number of rotatable bonds is 2. The number of carbonyl (C=O) groups is 2. The van der Waals surface area contributed by atoms with Crippen LogP contribution in [0.2, 0.25) is 0 Å². The van der Waals surface area contributed by atoms with Crippen LogP contribution in [0.25, 0.3) is 0 Å². The minimum Gasteiger partial charge on any atom is -0.507 e. The van der Waals surface area contributed by atoms with E-state index >= 15 is 0 Å². The van der Waals surface area contributed by atoms with Crippen molar-refractivity contribution in [2.75, 3.05) is 13.1 Å². The van der Waals surface area contributed by atoms with Crippen LogP contribution in [0, 0.1) is 0 Å². The zero-order valence-electron chi connectivity index (χ0n) is 12.5. The summed E-state index contributed by atoms with van der Waals surface area (Å²) in [6.07, 6.45) is 0. The van der Waals surface area contributed by atoms with Crippen molar-refractivity contribution in [1.82, 2.24) is 20.5 Å². The Morgan fingerprint density at radius 1 is 0.708 bits per heavy atom. The first kappa shape index (κ1) is 14.5. The molecule has 24 heavy (non-hydrogen) atoms. The van der Waals surface area contributed by atoms with E-state index in [1.54, 1.807) is 24.3 Å². The lowest BCUT2D eigenvalue weighted by Crippen LogP contribution is -2.73. The molecular weight excluding hydrogens is 312 g/mol. The summed E-state index contributed by atoms with van der Waals surface area (Å²) in [7, 11) is 0. The highest BCUT2D eigenvalue weighted by Crippen LogP contribution is 2.35. The topological polar surface area (TPSA) is 87.6 Å². The summed E-state index contributed by atoms with van der Waals surface area (Å²) in [5.74, 6) is -1.08. The number of benzene rings is 2. The van der Waals surface area contributed by atoms with Crippen LogP contribution in [-0.2, 0) is 0 Å². The SMILES string of the molecule is O=C(c1ccccc1O)N1N2CCN1N2C(=O)c1ccccc1O. The molecule has 3 aliphatic rings. The highest BCUT2D eigenvalue weighted by Gasteiger charge is 2.55. The Hall–Kier alpha value is -3.10. The van der Waals surface area contributed by atoms with Crippen LogP contribution in [0.5, 0.6) is 11.5 Å². The Labute approximate surface area is 137 Å². The lowest BCUT2D eigenvalue weighted by atomic mass is 10.2. The van der Waals surface area contributed by atoms with Gasteiger partial charge in [0.25, 0.3) is 11.8 Å². The Kier molecular flexibility index (Phi) is 3.15. The summed E-state index contributed by atoms with van der Waals surface area (Å²) in [5.41, 5.74) is 0.313. The fourth-order valence-corrected chi connectivity index (χ4v) is 2.87. The molecule has 3 fully saturated rings. The number of hydrogen-bond donors (Lipinski definition) is 2. The number of amides is 2. The summed E-state index contributed by atoms with van der Waals surface area (Å²) in [6, 6.07) is 12.5. The van der Waals surface area contributed by atoms with Crippen LogP contribution in [0.4, 0.5) is 0 Å². The molecule has 0 spiro atoms. The number of hydrazine groups is 4. The third kappa shape index (κ3) is 1.94. The van der Waals surface area contributed by atoms with E-state index in [2.05, 4.69) is 0 Å². The predicted molar refractivity (Wildman–Crippen MR) is 82.0 cm³/mol. The summed E-state index contributed by atoms with van der Waals surface area (Å²) in [4.78, 5) is 25.2. The van der Waals surface area contributed by atoms with Gasteiger partial charge < -0.3 is 10.2 Å². The van der Waals surface area contributed by atoms with Gasteiger partial charge in [-0.15, -0.1) is 0 Å². The van der Waals surface area contributed by atoms with Gasteiger partial charge in [0.15, 0.2) is 0 Å². The second-order valence-electron chi connectivity index (χ2n) is 5.42. The first-order valence-corrected chi connectivity index (χ1v) is 7.39. The fourth-order valence-electron chi connectivity index (χ4n) is 2.87. The Bertz CT molecular complexity index is 763. The van der Waals surface area contributed by atoms with Crippen LogP contribution in [0.15, 0.2) is 48.5 Å². The summed E-state index contributed by atoms with van der Waals surface area (Å²) in [5, 5.41) is 25.2. The van der Waals surface area contributed by atoms with Crippen LogP contribution in [0.1, 0.15) is 20.7 Å². The molecular formula is C16H14N4O4. The number of nitrogens with zero attached hydrogens (tertiary/aromatic N) is 4. The number of phenols is 2. The minimum absolute atomic E-state index is 0.116. The average Bonchev–Trinajstić information content (AvgIpc) is 3.18. The summed E-state index contributed by atoms with van der Waals surface area (Å²) in [6.45, 7) is 0.914. The second kappa shape index (κ2) is 5.22. The first-order chi connectivity index (χ1) is 11.6. The molecule has 5 rings (SSSR count). The Balaban J connectivity index is 1.58. The number of aromatic hydroxyl groups is 2. The normalized spacial score (nSPS) is 21.5. The highest BCUT2D eigenvalue weighted by molar-refractivity contribution is 5.99. The van der Waals surface area contributed by atoms with E-state index in [1.165, 1.54) is 44.7 Å². The van der Waals surface area contributed by atoms with Crippen molar-refractivity contribution in [1.29, 1.82) is 0 Å². The lowest BCUT2D eigenvalue weighted by molar-refractivity contribution is -0.396. The maximum Gasteiger partial charge on any atom is 0.290 e. The van der Waals surface area contributed by atoms with Crippen molar-refractivity contribution in [3.05, 3.63) is 59.7 Å². The molecule has 2 aromatic carbocycles. The standard InChI is InChI=1S/C16H14N4O4/c21-13-7-3-1-5-11(13)15(23)19-17-9-10-18(19)20(17)16(24)12-6-2-4-8-14(12)22/h1-8,21-22H,9-10H2. The van der Waals surface area contributed by atoms with E-state index in [9.17, 15) is 19.8 Å². The maximum absolute atomic E-state index is 12.6. The van der Waals surface area contributed by atoms with E-state index in [-0.39, 0.29) is 22.6 Å². The highest BCUT2D eigenvalue weighted by atomic mass is 16.4. The van der Waals surface area contributed by atoms with Gasteiger partial charge >= 0.3 is 0 Å². The average molecular weight is 326 g/mol. The zero-order valence-corrected chi connectivity index (χ0v) is 12.5. The van der Waals surface area contributed by atoms with Crippen molar-refractivity contribution >= 4 is 11.8 Å². The smallest absolute Gasteiger partial charge is 0.290 e. The van der Waals surface area contributed by atoms with Crippen LogP contribution in [-0.4, -0.2) is 55.6 Å². The van der Waals surface area contributed by atoms with Crippen LogP contribution >= 0.6 is 0 Å². The molecule has 0 aromatic heterocycles. The summed E-state index contributed by atoms with van der Waals surface area (Å²) >= 11 is 0. The van der Waals surface area contributed by atoms with Crippen molar-refractivity contribution in [2.24, 2.45) is 0 Å². The largest absolute Gasteiger partial charge is 0.507 e. The van der Waals surface area contributed by atoms with Gasteiger partial charge in [0.1, 0.15) is 11.5 Å². The van der Waals surface area contributed by atoms with Crippen LogP contribution < -0.4 is 0 Å². The molecule has 0 atom stereocenters. The maximum atomic E-state index is 12.6. The number of phenolic OH excluding ortho intramolecular Hbond substituents is 2. The van der Waals surface area contributed by atoms with Gasteiger partial charge in [-0.05, 0) is 24.3 Å². The van der Waals surface area contributed by atoms with Gasteiger partial charge in [-0.2, -0.15) is 10.2 Å². The number of carbonyl (C=O) groups excluding carboxylic acids is 2. The summed E-state index contributed by atoms with van der Waals surface area (Å²) < 4.78 is 0. The molecule has 0 unspecified atom stereocenters. The molecule has 8 heteroatoms. The van der Waals surface area contributed by atoms with E-state index in [0.717, 1.165) is 0 Å². The predicted octanol–water partition coefficient (Wildman–Crippen LogP) is 0.974. The minimum atomic E-state index is -0.424. The monoisotopic (exact) mass is 326 g/mol. The van der Waals surface area contributed by atoms with E-state index in [4.69, 9.17) is 0 Å². The van der Waals surface area contributed by atoms with Gasteiger partial charge in [0, 0.05) is 0 Å². The molecule has 2 N–H and O–H groups in total. The molecule has 2 aromatic rings. The van der Waals surface area contributed by atoms with Crippen molar-refractivity contribution in [3.63, 3.8) is 0 Å². The molecule has 8 nitrogen and oxygen atoms in total. The molecule has 2 amide bonds. The van der Waals surface area contributed by atoms with Gasteiger partial charge in [-0.1, -0.05) is 34.5 Å². The van der Waals surface area contributed by atoms with Gasteiger partial charge in [-0.25, -0.2) is 0 Å². The molecule has 3 heterocycles. The Morgan fingerprint density at radius 3 is 1.46 bits per heavy atom. The molecule has 122 valence electrons. The van der Waals surface area contributed by atoms with Crippen molar-refractivity contribution in [3.8, 4) is 11.5 Å². The van der Waals surface area contributed by atoms with Gasteiger partial charge in [0.2, 0.25) is 0 Å². The second-order valence-corrected chi connectivity index (χ2v) is 5.42. The van der Waals surface area contributed by atoms with E-state index in [0.29, 0.717) is 13.1 Å². The van der Waals surface area contributed by atoms with Gasteiger partial charge in [0.05, 0.1) is 24.2 Å². The molecule has 2 bridgehead atoms. The Morgan fingerprint density at radius 2 is 1.08 bits per heavy atom. The van der Waals surface area contributed by atoms with Crippen LogP contribution in [0.3, 0.4) is 0 Å². The molecule has 0 radical (unpaired) electrons. The molecule has 3 saturated heterocycles. The third-order valence-corrected chi connectivity index (χ3v) is 4.01. The lowest BCUT2D eigenvalue weighted by Gasteiger charge is -2.51. The zero-order chi connectivity index (χ0) is 16.8. The third-order valence-electron chi connectivity index (χ3n) is 4.01. The number of fused-ring (bicyclic) bond motifs is 1. The molecule has 0 saturated carbocycles. The number of para-hydroxylation sites is 2. The number of hydrogen-bond acceptors (Lipinski definition) is 6. The van der Waals surface area contributed by atoms with Gasteiger partial charge in [-0.3, -0.25) is 9.59 Å². The van der Waals surface area contributed by atoms with Crippen molar-refractivity contribution in [2.45, 2.75) is 0 Å². The molecule has 0 aliphatic carbocycles. The molecule has 3 aliphatic heterocycles. The van der Waals surface area contributed by atoms with Crippen molar-refractivity contribution < 1.29 is 19.8 Å². The van der Waals surface area contributed by atoms with E-state index in [1.807, 2.05) is 0 Å².